The largest absolute Gasteiger partial charge is 0.490 e. The third-order valence-electron chi connectivity index (χ3n) is 2.04. The van der Waals surface area contributed by atoms with Crippen molar-refractivity contribution in [1.29, 1.82) is 0 Å². The van der Waals surface area contributed by atoms with Crippen LogP contribution in [0.5, 0.6) is 5.75 Å². The molecule has 0 fully saturated rings. The summed E-state index contributed by atoms with van der Waals surface area (Å²) in [5.41, 5.74) is -1.77. The monoisotopic (exact) mass is 262 g/mol. The van der Waals surface area contributed by atoms with Gasteiger partial charge in [0.05, 0.1) is 12.1 Å². The van der Waals surface area contributed by atoms with Gasteiger partial charge in [-0.05, 0) is 19.1 Å². The lowest BCUT2D eigenvalue weighted by molar-refractivity contribution is -0.163. The molecule has 1 atom stereocenters. The minimum atomic E-state index is -1.77. The Balaban J connectivity index is 2.67. The molecule has 0 aromatic heterocycles. The highest BCUT2D eigenvalue weighted by molar-refractivity contribution is 6.30. The maximum absolute atomic E-state index is 12.8. The van der Waals surface area contributed by atoms with E-state index >= 15 is 0 Å². The number of carbonyl (C=O) groups is 1. The fourth-order valence-electron chi connectivity index (χ4n) is 1.07. The summed E-state index contributed by atoms with van der Waals surface area (Å²) in [6.45, 7) is 0.936. The maximum Gasteiger partial charge on any atom is 0.341 e. The van der Waals surface area contributed by atoms with Crippen LogP contribution in [0.15, 0.2) is 18.2 Å². The molecule has 0 saturated carbocycles. The number of methoxy groups -OCH3 is 1. The van der Waals surface area contributed by atoms with Crippen molar-refractivity contribution in [3.05, 3.63) is 29.0 Å². The van der Waals surface area contributed by atoms with E-state index in [1.165, 1.54) is 19.1 Å². The molecule has 1 unspecified atom stereocenters. The zero-order chi connectivity index (χ0) is 13.1. The van der Waals surface area contributed by atoms with Gasteiger partial charge < -0.3 is 14.6 Å². The fourth-order valence-corrected chi connectivity index (χ4v) is 1.24. The molecule has 4 nitrogen and oxygen atoms in total. The number of hydrogen-bond donors (Lipinski definition) is 1. The van der Waals surface area contributed by atoms with Gasteiger partial charge in [-0.25, -0.2) is 9.18 Å². The SMILES string of the molecule is COC(=O)C(C)(O)COc1ccc(F)c(Cl)c1. The average Bonchev–Trinajstić information content (AvgIpc) is 2.29. The molecule has 0 amide bonds. The van der Waals surface area contributed by atoms with Gasteiger partial charge in [-0.2, -0.15) is 0 Å². The zero-order valence-electron chi connectivity index (χ0n) is 9.37. The first-order valence-corrected chi connectivity index (χ1v) is 5.13. The minimum Gasteiger partial charge on any atom is -0.490 e. The van der Waals surface area contributed by atoms with E-state index in [9.17, 15) is 14.3 Å². The normalized spacial score (nSPS) is 13.9. The van der Waals surface area contributed by atoms with Crippen molar-refractivity contribution >= 4 is 17.6 Å². The van der Waals surface area contributed by atoms with E-state index in [-0.39, 0.29) is 17.4 Å². The van der Waals surface area contributed by atoms with Crippen LogP contribution in [0.4, 0.5) is 4.39 Å². The summed E-state index contributed by atoms with van der Waals surface area (Å²) in [6, 6.07) is 3.73. The van der Waals surface area contributed by atoms with Gasteiger partial charge >= 0.3 is 5.97 Å². The number of carbonyl (C=O) groups excluding carboxylic acids is 1. The quantitative estimate of drug-likeness (QED) is 0.841. The number of ether oxygens (including phenoxy) is 2. The van der Waals surface area contributed by atoms with E-state index in [1.807, 2.05) is 0 Å². The number of rotatable bonds is 4. The smallest absolute Gasteiger partial charge is 0.341 e. The minimum absolute atomic E-state index is 0.0970. The van der Waals surface area contributed by atoms with Crippen LogP contribution >= 0.6 is 11.6 Å². The van der Waals surface area contributed by atoms with E-state index in [2.05, 4.69) is 4.74 Å². The second-order valence-corrected chi connectivity index (χ2v) is 4.04. The molecule has 6 heteroatoms. The van der Waals surface area contributed by atoms with E-state index in [1.54, 1.807) is 0 Å². The number of aliphatic hydroxyl groups is 1. The summed E-state index contributed by atoms with van der Waals surface area (Å²) in [7, 11) is 1.16. The molecule has 0 aliphatic heterocycles. The van der Waals surface area contributed by atoms with E-state index in [4.69, 9.17) is 16.3 Å². The lowest BCUT2D eigenvalue weighted by Crippen LogP contribution is -2.42. The predicted molar refractivity (Wildman–Crippen MR) is 59.5 cm³/mol. The van der Waals surface area contributed by atoms with Crippen LogP contribution in [0.2, 0.25) is 5.02 Å². The van der Waals surface area contributed by atoms with Crippen molar-refractivity contribution in [2.24, 2.45) is 0 Å². The molecule has 0 aliphatic rings. The highest BCUT2D eigenvalue weighted by Crippen LogP contribution is 2.22. The predicted octanol–water partition coefficient (Wildman–Crippen LogP) is 1.78. The highest BCUT2D eigenvalue weighted by atomic mass is 35.5. The molecule has 0 spiro atoms. The second-order valence-electron chi connectivity index (χ2n) is 3.63. The molecule has 0 aliphatic carbocycles. The fraction of sp³-hybridized carbons (Fsp3) is 0.364. The lowest BCUT2D eigenvalue weighted by Gasteiger charge is -2.20. The third-order valence-corrected chi connectivity index (χ3v) is 2.33. The Morgan fingerprint density at radius 1 is 1.59 bits per heavy atom. The topological polar surface area (TPSA) is 55.8 Å². The Morgan fingerprint density at radius 2 is 2.24 bits per heavy atom. The molecule has 1 N–H and O–H groups in total. The Bertz CT molecular complexity index is 420. The average molecular weight is 263 g/mol. The molecule has 1 rings (SSSR count). The van der Waals surface area contributed by atoms with Gasteiger partial charge in [0.15, 0.2) is 5.60 Å². The summed E-state index contributed by atoms with van der Waals surface area (Å²) in [5.74, 6) is -1.13. The number of esters is 1. The van der Waals surface area contributed by atoms with Gasteiger partial charge in [0, 0.05) is 6.07 Å². The number of halogens is 2. The summed E-state index contributed by atoms with van der Waals surface area (Å²) < 4.78 is 22.4. The van der Waals surface area contributed by atoms with Crippen molar-refractivity contribution in [1.82, 2.24) is 0 Å². The summed E-state index contributed by atoms with van der Waals surface area (Å²) >= 11 is 5.54. The first-order valence-electron chi connectivity index (χ1n) is 4.75. The van der Waals surface area contributed by atoms with Gasteiger partial charge in [0.1, 0.15) is 18.2 Å². The van der Waals surface area contributed by atoms with Gasteiger partial charge in [-0.3, -0.25) is 0 Å². The van der Waals surface area contributed by atoms with Crippen LogP contribution in [-0.2, 0) is 9.53 Å². The molecule has 0 saturated heterocycles. The molecule has 0 bridgehead atoms. The van der Waals surface area contributed by atoms with Crippen LogP contribution < -0.4 is 4.74 Å². The molecular weight excluding hydrogens is 251 g/mol. The van der Waals surface area contributed by atoms with Crippen LogP contribution in [-0.4, -0.2) is 30.4 Å². The Labute approximate surface area is 103 Å². The lowest BCUT2D eigenvalue weighted by atomic mass is 10.1. The van der Waals surface area contributed by atoms with Crippen LogP contribution in [0.25, 0.3) is 0 Å². The van der Waals surface area contributed by atoms with Crippen molar-refractivity contribution in [3.63, 3.8) is 0 Å². The van der Waals surface area contributed by atoms with Crippen LogP contribution in [0.1, 0.15) is 6.92 Å². The molecule has 94 valence electrons. The molecule has 1 aromatic rings. The Hall–Kier alpha value is -1.33. The van der Waals surface area contributed by atoms with Crippen molar-refractivity contribution < 1.29 is 23.8 Å². The standard InChI is InChI=1S/C11H12ClFO4/c1-11(15,10(14)16-2)6-17-7-3-4-9(13)8(12)5-7/h3-5,15H,6H2,1-2H3. The number of benzene rings is 1. The molecule has 1 aromatic carbocycles. The van der Waals surface area contributed by atoms with Gasteiger partial charge in [-0.1, -0.05) is 11.6 Å². The van der Waals surface area contributed by atoms with Gasteiger partial charge in [0.25, 0.3) is 0 Å². The van der Waals surface area contributed by atoms with Gasteiger partial charge in [0.2, 0.25) is 0 Å². The maximum atomic E-state index is 12.8. The number of hydrogen-bond acceptors (Lipinski definition) is 4. The first kappa shape index (κ1) is 13.7. The Kier molecular flexibility index (Phi) is 4.31. The molecule has 17 heavy (non-hydrogen) atoms. The van der Waals surface area contributed by atoms with Crippen molar-refractivity contribution in [3.8, 4) is 5.75 Å². The summed E-state index contributed by atoms with van der Waals surface area (Å²) in [4.78, 5) is 11.1. The van der Waals surface area contributed by atoms with Gasteiger partial charge in [-0.15, -0.1) is 0 Å². The van der Waals surface area contributed by atoms with Crippen molar-refractivity contribution in [2.45, 2.75) is 12.5 Å². The van der Waals surface area contributed by atoms with E-state index in [0.29, 0.717) is 0 Å². The zero-order valence-corrected chi connectivity index (χ0v) is 10.1. The van der Waals surface area contributed by atoms with Crippen molar-refractivity contribution in [2.75, 3.05) is 13.7 Å². The molecule has 0 heterocycles. The Morgan fingerprint density at radius 3 is 2.76 bits per heavy atom. The highest BCUT2D eigenvalue weighted by Gasteiger charge is 2.32. The second kappa shape index (κ2) is 5.33. The summed E-state index contributed by atoms with van der Waals surface area (Å²) in [6.07, 6.45) is 0. The summed E-state index contributed by atoms with van der Waals surface area (Å²) in [5, 5.41) is 9.56. The third kappa shape index (κ3) is 3.57. The van der Waals surface area contributed by atoms with Crippen LogP contribution in [0.3, 0.4) is 0 Å². The van der Waals surface area contributed by atoms with E-state index < -0.39 is 17.4 Å². The van der Waals surface area contributed by atoms with Crippen LogP contribution in [0, 0.1) is 5.82 Å². The molecular formula is C11H12ClFO4. The molecule has 0 radical (unpaired) electrons. The van der Waals surface area contributed by atoms with E-state index in [0.717, 1.165) is 13.2 Å². The first-order chi connectivity index (χ1) is 7.86.